The van der Waals surface area contributed by atoms with E-state index in [0.717, 1.165) is 12.8 Å². The minimum absolute atomic E-state index is 0.0655. The Kier molecular flexibility index (Phi) is 7.05. The summed E-state index contributed by atoms with van der Waals surface area (Å²) in [5.74, 6) is -0.344. The van der Waals surface area contributed by atoms with E-state index in [0.29, 0.717) is 18.8 Å². The van der Waals surface area contributed by atoms with E-state index in [9.17, 15) is 17.9 Å². The third-order valence-corrected chi connectivity index (χ3v) is 6.77. The summed E-state index contributed by atoms with van der Waals surface area (Å²) in [5.41, 5.74) is 0.466. The Bertz CT molecular complexity index is 893. The fourth-order valence-corrected chi connectivity index (χ4v) is 4.97. The zero-order valence-electron chi connectivity index (χ0n) is 16.7. The molecule has 1 aromatic carbocycles. The van der Waals surface area contributed by atoms with Crippen molar-refractivity contribution < 1.29 is 22.7 Å². The Morgan fingerprint density at radius 3 is 2.52 bits per heavy atom. The first-order valence-electron chi connectivity index (χ1n) is 9.83. The van der Waals surface area contributed by atoms with Crippen LogP contribution < -0.4 is 0 Å². The van der Waals surface area contributed by atoms with Crippen molar-refractivity contribution in [3.05, 3.63) is 48.0 Å². The van der Waals surface area contributed by atoms with Crippen LogP contribution in [0.1, 0.15) is 44.4 Å². The summed E-state index contributed by atoms with van der Waals surface area (Å²) >= 11 is 0. The normalized spacial score (nSPS) is 17.2. The first-order valence-corrected chi connectivity index (χ1v) is 11.3. The van der Waals surface area contributed by atoms with E-state index < -0.39 is 21.9 Å². The highest BCUT2D eigenvalue weighted by atomic mass is 32.2. The average molecular weight is 426 g/mol. The van der Waals surface area contributed by atoms with Crippen molar-refractivity contribution in [3.63, 3.8) is 0 Å². The van der Waals surface area contributed by atoms with Gasteiger partial charge >= 0.3 is 0 Å². The first-order chi connectivity index (χ1) is 13.8. The fourth-order valence-electron chi connectivity index (χ4n) is 3.41. The number of hydrogen-bond donors (Lipinski definition) is 1. The second-order valence-corrected chi connectivity index (χ2v) is 9.72. The maximum Gasteiger partial charge on any atom is 0.246 e. The van der Waals surface area contributed by atoms with E-state index in [1.165, 1.54) is 34.8 Å². The highest BCUT2D eigenvalue weighted by molar-refractivity contribution is 7.89. The van der Waals surface area contributed by atoms with Crippen molar-refractivity contribution in [2.75, 3.05) is 26.3 Å². The van der Waals surface area contributed by atoms with Gasteiger partial charge in [0.15, 0.2) is 0 Å². The molecule has 0 radical (unpaired) electrons. The molecule has 0 amide bonds. The van der Waals surface area contributed by atoms with Gasteiger partial charge in [0.05, 0.1) is 18.3 Å². The molecule has 29 heavy (non-hydrogen) atoms. The highest BCUT2D eigenvalue weighted by Gasteiger charge is 2.30. The molecule has 1 atom stereocenters. The van der Waals surface area contributed by atoms with Gasteiger partial charge in [0.1, 0.15) is 10.7 Å². The number of sulfonamides is 1. The molecule has 3 rings (SSSR count). The first kappa shape index (κ1) is 21.9. The molecule has 0 aliphatic carbocycles. The van der Waals surface area contributed by atoms with Gasteiger partial charge in [0, 0.05) is 32.5 Å². The standard InChI is InChI=1S/C20H28FN3O4S/c1-15(2)12-23(14-20(25)16-3-5-17(21)6-4-16)29(26,27)19-11-22-24(13-19)18-7-9-28-10-8-18/h3-6,11,13,15,18,20,25H,7-10,12,14H2,1-2H3/t20-/m0/s1. The zero-order chi connectivity index (χ0) is 21.0. The van der Waals surface area contributed by atoms with Gasteiger partial charge in [0.25, 0.3) is 0 Å². The lowest BCUT2D eigenvalue weighted by Gasteiger charge is -2.26. The van der Waals surface area contributed by atoms with Crippen LogP contribution in [0.15, 0.2) is 41.6 Å². The molecule has 0 unspecified atom stereocenters. The van der Waals surface area contributed by atoms with Crippen LogP contribution >= 0.6 is 0 Å². The summed E-state index contributed by atoms with van der Waals surface area (Å²) in [7, 11) is -3.84. The molecule has 1 aliphatic heterocycles. The second-order valence-electron chi connectivity index (χ2n) is 7.78. The summed E-state index contributed by atoms with van der Waals surface area (Å²) in [4.78, 5) is 0.107. The molecule has 1 saturated heterocycles. The van der Waals surface area contributed by atoms with Crippen LogP contribution in [-0.2, 0) is 14.8 Å². The zero-order valence-corrected chi connectivity index (χ0v) is 17.6. The molecule has 1 N–H and O–H groups in total. The van der Waals surface area contributed by atoms with Crippen LogP contribution in [0.4, 0.5) is 4.39 Å². The van der Waals surface area contributed by atoms with Crippen LogP contribution in [0.5, 0.6) is 0 Å². The van der Waals surface area contributed by atoms with E-state index in [1.807, 2.05) is 13.8 Å². The molecule has 7 nitrogen and oxygen atoms in total. The molecule has 2 aromatic rings. The number of aliphatic hydroxyl groups excluding tert-OH is 1. The molecule has 2 heterocycles. The van der Waals surface area contributed by atoms with Crippen molar-refractivity contribution in [3.8, 4) is 0 Å². The van der Waals surface area contributed by atoms with E-state index in [-0.39, 0.29) is 29.9 Å². The van der Waals surface area contributed by atoms with Crippen molar-refractivity contribution in [1.29, 1.82) is 0 Å². The summed E-state index contributed by atoms with van der Waals surface area (Å²) in [6.45, 7) is 5.24. The monoisotopic (exact) mass is 425 g/mol. The van der Waals surface area contributed by atoms with Crippen molar-refractivity contribution in [1.82, 2.24) is 14.1 Å². The minimum atomic E-state index is -3.84. The lowest BCUT2D eigenvalue weighted by molar-refractivity contribution is 0.0662. The van der Waals surface area contributed by atoms with Crippen LogP contribution in [0.25, 0.3) is 0 Å². The molecule has 0 saturated carbocycles. The Balaban J connectivity index is 1.81. The van der Waals surface area contributed by atoms with E-state index in [1.54, 1.807) is 10.9 Å². The van der Waals surface area contributed by atoms with Gasteiger partial charge in [-0.25, -0.2) is 12.8 Å². The third-order valence-electron chi connectivity index (χ3n) is 4.98. The predicted octanol–water partition coefficient (Wildman–Crippen LogP) is 2.75. The van der Waals surface area contributed by atoms with Crippen LogP contribution in [0.3, 0.4) is 0 Å². The molecule has 9 heteroatoms. The largest absolute Gasteiger partial charge is 0.387 e. The smallest absolute Gasteiger partial charge is 0.246 e. The van der Waals surface area contributed by atoms with Crippen LogP contribution in [0, 0.1) is 11.7 Å². The summed E-state index contributed by atoms with van der Waals surface area (Å²) in [6, 6.07) is 5.54. The molecule has 1 aliphatic rings. The number of rotatable bonds is 8. The van der Waals surface area contributed by atoms with Gasteiger partial charge in [-0.2, -0.15) is 9.40 Å². The Labute approximate surface area is 171 Å². The number of benzene rings is 1. The van der Waals surface area contributed by atoms with Gasteiger partial charge in [-0.15, -0.1) is 0 Å². The average Bonchev–Trinajstić information content (AvgIpc) is 3.19. The van der Waals surface area contributed by atoms with Crippen molar-refractivity contribution >= 4 is 10.0 Å². The van der Waals surface area contributed by atoms with Gasteiger partial charge in [0.2, 0.25) is 10.0 Å². The topological polar surface area (TPSA) is 84.7 Å². The molecular formula is C20H28FN3O4S. The number of hydrogen-bond acceptors (Lipinski definition) is 5. The summed E-state index contributed by atoms with van der Waals surface area (Å²) in [6.07, 6.45) is 3.45. The van der Waals surface area contributed by atoms with Gasteiger partial charge < -0.3 is 9.84 Å². The summed E-state index contributed by atoms with van der Waals surface area (Å²) < 4.78 is 48.0. The quantitative estimate of drug-likeness (QED) is 0.703. The van der Waals surface area contributed by atoms with Crippen molar-refractivity contribution in [2.45, 2.75) is 43.7 Å². The molecule has 0 spiro atoms. The number of nitrogens with zero attached hydrogens (tertiary/aromatic N) is 3. The van der Waals surface area contributed by atoms with E-state index in [4.69, 9.17) is 4.74 Å². The van der Waals surface area contributed by atoms with Gasteiger partial charge in [-0.1, -0.05) is 26.0 Å². The fraction of sp³-hybridized carbons (Fsp3) is 0.550. The lowest BCUT2D eigenvalue weighted by Crippen LogP contribution is -2.37. The van der Waals surface area contributed by atoms with Crippen LogP contribution in [-0.4, -0.2) is 53.9 Å². The molecular weight excluding hydrogens is 397 g/mol. The molecule has 0 bridgehead atoms. The number of aliphatic hydroxyl groups is 1. The Hall–Kier alpha value is -1.81. The highest BCUT2D eigenvalue weighted by Crippen LogP contribution is 2.25. The Morgan fingerprint density at radius 1 is 1.24 bits per heavy atom. The number of halogens is 1. The predicted molar refractivity (Wildman–Crippen MR) is 106 cm³/mol. The maximum atomic E-state index is 13.3. The second kappa shape index (κ2) is 9.34. The maximum absolute atomic E-state index is 13.3. The minimum Gasteiger partial charge on any atom is -0.387 e. The number of ether oxygens (including phenoxy) is 1. The third kappa shape index (κ3) is 5.42. The van der Waals surface area contributed by atoms with E-state index in [2.05, 4.69) is 5.10 Å². The SMILES string of the molecule is CC(C)CN(C[C@H](O)c1ccc(F)cc1)S(=O)(=O)c1cnn(C2CCOCC2)c1. The van der Waals surface area contributed by atoms with E-state index >= 15 is 0 Å². The molecule has 160 valence electrons. The van der Waals surface area contributed by atoms with Gasteiger partial charge in [-0.3, -0.25) is 4.68 Å². The summed E-state index contributed by atoms with van der Waals surface area (Å²) in [5, 5.41) is 14.8. The number of aromatic nitrogens is 2. The Morgan fingerprint density at radius 2 is 1.90 bits per heavy atom. The molecule has 1 aromatic heterocycles. The van der Waals surface area contributed by atoms with Crippen molar-refractivity contribution in [2.24, 2.45) is 5.92 Å². The lowest BCUT2D eigenvalue weighted by atomic mass is 10.1. The molecule has 1 fully saturated rings. The van der Waals surface area contributed by atoms with Crippen LogP contribution in [0.2, 0.25) is 0 Å². The van der Waals surface area contributed by atoms with Gasteiger partial charge in [-0.05, 0) is 36.5 Å².